The van der Waals surface area contributed by atoms with Gasteiger partial charge < -0.3 is 14.5 Å². The number of anilines is 3. The SMILES string of the molecule is CN1CN2c3cc(Oc4ccc5c6ccccc6n(-c6ccccn6)c5c4)ccc3C3(c4cccc1c42)c1c(cccc1C(C)(C)C)C=Cc1cccc(C(C)(C)C)c13. The fourth-order valence-electron chi connectivity index (χ4n) is 10.5. The van der Waals surface area contributed by atoms with Gasteiger partial charge in [0.1, 0.15) is 17.3 Å². The maximum Gasteiger partial charge on any atom is 0.137 e. The van der Waals surface area contributed by atoms with Gasteiger partial charge in [-0.1, -0.05) is 133 Å². The first-order valence-corrected chi connectivity index (χ1v) is 20.8. The molecule has 4 heterocycles. The van der Waals surface area contributed by atoms with Crippen molar-refractivity contribution in [1.29, 1.82) is 0 Å². The number of nitrogens with zero attached hydrogens (tertiary/aromatic N) is 4. The first kappa shape index (κ1) is 35.6. The minimum atomic E-state index is -0.634. The Kier molecular flexibility index (Phi) is 7.51. The molecule has 5 nitrogen and oxygen atoms in total. The van der Waals surface area contributed by atoms with Crippen molar-refractivity contribution in [1.82, 2.24) is 9.55 Å². The number of para-hydroxylation sites is 2. The summed E-state index contributed by atoms with van der Waals surface area (Å²) in [5.74, 6) is 2.46. The Balaban J connectivity index is 1.19. The first-order valence-electron chi connectivity index (χ1n) is 20.8. The van der Waals surface area contributed by atoms with Crippen molar-refractivity contribution < 1.29 is 4.74 Å². The number of hydrogen-bond acceptors (Lipinski definition) is 4. The molecule has 0 amide bonds. The van der Waals surface area contributed by atoms with Gasteiger partial charge >= 0.3 is 0 Å². The molecule has 11 rings (SSSR count). The van der Waals surface area contributed by atoms with Gasteiger partial charge in [-0.05, 0) is 97.8 Å². The van der Waals surface area contributed by atoms with Crippen LogP contribution in [0.25, 0.3) is 39.8 Å². The maximum atomic E-state index is 6.97. The second-order valence-electron chi connectivity index (χ2n) is 18.6. The first-order chi connectivity index (χ1) is 28.4. The Morgan fingerprint density at radius 1 is 0.576 bits per heavy atom. The number of pyridine rings is 1. The van der Waals surface area contributed by atoms with E-state index in [9.17, 15) is 0 Å². The normalized spacial score (nSPS) is 15.0. The molecule has 0 unspecified atom stereocenters. The lowest BCUT2D eigenvalue weighted by Crippen LogP contribution is -2.42. The van der Waals surface area contributed by atoms with Gasteiger partial charge in [0.2, 0.25) is 0 Å². The van der Waals surface area contributed by atoms with Crippen LogP contribution in [-0.4, -0.2) is 23.3 Å². The number of fused-ring (bicyclic) bond motifs is 11. The molecular formula is C54H48N4O. The number of benzene rings is 6. The van der Waals surface area contributed by atoms with Gasteiger partial charge in [-0.2, -0.15) is 0 Å². The Bertz CT molecular complexity index is 2980. The van der Waals surface area contributed by atoms with Gasteiger partial charge in [-0.3, -0.25) is 4.57 Å². The van der Waals surface area contributed by atoms with Crippen molar-refractivity contribution in [2.75, 3.05) is 23.5 Å². The summed E-state index contributed by atoms with van der Waals surface area (Å²) in [6.07, 6.45) is 6.58. The van der Waals surface area contributed by atoms with E-state index in [0.717, 1.165) is 35.0 Å². The second kappa shape index (κ2) is 12.5. The summed E-state index contributed by atoms with van der Waals surface area (Å²) < 4.78 is 9.21. The Labute approximate surface area is 346 Å². The number of hydrogen-bond donors (Lipinski definition) is 0. The number of rotatable bonds is 3. The fourth-order valence-corrected chi connectivity index (χ4v) is 10.5. The Morgan fingerprint density at radius 3 is 1.92 bits per heavy atom. The highest BCUT2D eigenvalue weighted by atomic mass is 16.5. The number of aromatic nitrogens is 2. The summed E-state index contributed by atoms with van der Waals surface area (Å²) in [5, 5.41) is 2.35. The van der Waals surface area contributed by atoms with E-state index in [1.165, 1.54) is 72.3 Å². The lowest BCUT2D eigenvalue weighted by molar-refractivity contribution is 0.482. The van der Waals surface area contributed by atoms with Crippen LogP contribution in [0.2, 0.25) is 0 Å². The molecule has 1 aliphatic carbocycles. The van der Waals surface area contributed by atoms with Crippen molar-refractivity contribution in [3.63, 3.8) is 0 Å². The minimum absolute atomic E-state index is 0.126. The zero-order chi connectivity index (χ0) is 40.4. The average molecular weight is 769 g/mol. The molecule has 0 N–H and O–H groups in total. The van der Waals surface area contributed by atoms with Gasteiger partial charge in [0.25, 0.3) is 0 Å². The van der Waals surface area contributed by atoms with Crippen LogP contribution in [0.3, 0.4) is 0 Å². The molecule has 6 aromatic carbocycles. The van der Waals surface area contributed by atoms with E-state index >= 15 is 0 Å². The molecule has 290 valence electrons. The molecule has 5 heteroatoms. The molecule has 59 heavy (non-hydrogen) atoms. The molecule has 2 aliphatic heterocycles. The predicted molar refractivity (Wildman–Crippen MR) is 245 cm³/mol. The maximum absolute atomic E-state index is 6.97. The largest absolute Gasteiger partial charge is 0.457 e. The molecule has 0 saturated carbocycles. The summed E-state index contributed by atoms with van der Waals surface area (Å²) in [5.41, 5.74) is 15.5. The van der Waals surface area contributed by atoms with Crippen molar-refractivity contribution in [3.8, 4) is 17.3 Å². The van der Waals surface area contributed by atoms with Crippen molar-refractivity contribution in [3.05, 3.63) is 184 Å². The standard InChI is InChI=1S/C54H48N4O/c1-52(2,3)41-18-12-15-34-24-25-35-16-13-19-42(53(4,5)6)50(35)54(49(34)41)40-29-27-37(32-47(40)57-33-56(7)45-22-14-20-43(54)51(45)57)59-36-26-28-39-38-17-8-9-21-44(38)58(46(39)31-36)48-23-10-11-30-55-48/h8-32H,33H2,1-7H3. The highest BCUT2D eigenvalue weighted by Crippen LogP contribution is 2.64. The Hall–Kier alpha value is -6.59. The van der Waals surface area contributed by atoms with Crippen LogP contribution in [0.5, 0.6) is 11.5 Å². The van der Waals surface area contributed by atoms with Gasteiger partial charge in [-0.25, -0.2) is 4.98 Å². The third-order valence-electron chi connectivity index (χ3n) is 12.9. The average Bonchev–Trinajstić information content (AvgIpc) is 3.69. The van der Waals surface area contributed by atoms with Crippen LogP contribution in [0.15, 0.2) is 140 Å². The molecular weight excluding hydrogens is 721 g/mol. The van der Waals surface area contributed by atoms with E-state index in [-0.39, 0.29) is 10.8 Å². The van der Waals surface area contributed by atoms with Gasteiger partial charge in [0.15, 0.2) is 0 Å². The van der Waals surface area contributed by atoms with Crippen molar-refractivity contribution in [2.45, 2.75) is 57.8 Å². The van der Waals surface area contributed by atoms with E-state index < -0.39 is 5.41 Å². The molecule has 8 aromatic rings. The molecule has 0 saturated heterocycles. The predicted octanol–water partition coefficient (Wildman–Crippen LogP) is 13.3. The zero-order valence-electron chi connectivity index (χ0n) is 34.8. The van der Waals surface area contributed by atoms with Crippen molar-refractivity contribution in [2.24, 2.45) is 0 Å². The topological polar surface area (TPSA) is 33.5 Å². The highest BCUT2D eigenvalue weighted by molar-refractivity contribution is 6.09. The summed E-state index contributed by atoms with van der Waals surface area (Å²) in [6.45, 7) is 14.9. The molecule has 1 spiro atoms. The minimum Gasteiger partial charge on any atom is -0.457 e. The summed E-state index contributed by atoms with van der Waals surface area (Å²) >= 11 is 0. The van der Waals surface area contributed by atoms with E-state index in [1.54, 1.807) is 0 Å². The smallest absolute Gasteiger partial charge is 0.137 e. The van der Waals surface area contributed by atoms with E-state index in [4.69, 9.17) is 9.72 Å². The molecule has 2 aromatic heterocycles. The van der Waals surface area contributed by atoms with E-state index in [1.807, 2.05) is 18.3 Å². The van der Waals surface area contributed by atoms with Crippen LogP contribution < -0.4 is 14.5 Å². The van der Waals surface area contributed by atoms with Crippen LogP contribution in [0, 0.1) is 0 Å². The molecule has 0 radical (unpaired) electrons. The van der Waals surface area contributed by atoms with E-state index in [2.05, 4.69) is 196 Å². The third-order valence-corrected chi connectivity index (χ3v) is 12.9. The number of ether oxygens (including phenoxy) is 1. The zero-order valence-corrected chi connectivity index (χ0v) is 34.8. The monoisotopic (exact) mass is 768 g/mol. The van der Waals surface area contributed by atoms with Gasteiger partial charge in [0, 0.05) is 36.1 Å². The summed E-state index contributed by atoms with van der Waals surface area (Å²) in [4.78, 5) is 9.68. The van der Waals surface area contributed by atoms with Crippen LogP contribution in [0.1, 0.15) is 86.1 Å². The van der Waals surface area contributed by atoms with Crippen LogP contribution >= 0.6 is 0 Å². The summed E-state index contributed by atoms with van der Waals surface area (Å²) in [7, 11) is 2.22. The van der Waals surface area contributed by atoms with Crippen LogP contribution in [-0.2, 0) is 16.2 Å². The Morgan fingerprint density at radius 2 is 1.22 bits per heavy atom. The molecule has 0 fully saturated rings. The third kappa shape index (κ3) is 5.07. The molecule has 0 atom stereocenters. The lowest BCUT2D eigenvalue weighted by Gasteiger charge is -2.48. The van der Waals surface area contributed by atoms with Crippen molar-refractivity contribution >= 4 is 51.0 Å². The summed E-state index contributed by atoms with van der Waals surface area (Å²) in [6, 6.07) is 48.8. The molecule has 3 aliphatic rings. The van der Waals surface area contributed by atoms with E-state index in [0.29, 0.717) is 0 Å². The second-order valence-corrected chi connectivity index (χ2v) is 18.6. The van der Waals surface area contributed by atoms with Gasteiger partial charge in [-0.15, -0.1) is 0 Å². The quantitative estimate of drug-likeness (QED) is 0.179. The highest BCUT2D eigenvalue weighted by Gasteiger charge is 2.53. The molecule has 0 bridgehead atoms. The fraction of sp³-hybridized carbons (Fsp3) is 0.204. The lowest BCUT2D eigenvalue weighted by atomic mass is 9.56. The van der Waals surface area contributed by atoms with Crippen LogP contribution in [0.4, 0.5) is 17.1 Å². The van der Waals surface area contributed by atoms with Gasteiger partial charge in [0.05, 0.1) is 40.2 Å².